The van der Waals surface area contributed by atoms with Gasteiger partial charge >= 0.3 is 0 Å². The predicted molar refractivity (Wildman–Crippen MR) is 109 cm³/mol. The van der Waals surface area contributed by atoms with Crippen LogP contribution in [-0.4, -0.2) is 56.7 Å². The van der Waals surface area contributed by atoms with E-state index in [9.17, 15) is 4.79 Å². The quantitative estimate of drug-likeness (QED) is 0.772. The first kappa shape index (κ1) is 19.1. The molecule has 2 aliphatic heterocycles. The van der Waals surface area contributed by atoms with Gasteiger partial charge in [0.05, 0.1) is 18.4 Å². The Morgan fingerprint density at radius 3 is 2.89 bits per heavy atom. The maximum absolute atomic E-state index is 12.5. The van der Waals surface area contributed by atoms with Crippen molar-refractivity contribution in [2.75, 3.05) is 26.2 Å². The third-order valence-corrected chi connectivity index (χ3v) is 6.19. The molecule has 4 heterocycles. The molecule has 4 rings (SSSR count). The van der Waals surface area contributed by atoms with E-state index in [4.69, 9.17) is 0 Å². The van der Waals surface area contributed by atoms with Crippen molar-refractivity contribution < 1.29 is 4.79 Å². The summed E-state index contributed by atoms with van der Waals surface area (Å²) in [4.78, 5) is 21.6. The van der Waals surface area contributed by atoms with Gasteiger partial charge < -0.3 is 9.80 Å². The summed E-state index contributed by atoms with van der Waals surface area (Å²) in [6.07, 6.45) is 11.1. The summed E-state index contributed by atoms with van der Waals surface area (Å²) in [6.45, 7) is 7.96. The maximum Gasteiger partial charge on any atom is 0.222 e. The molecule has 2 fully saturated rings. The molecule has 2 saturated heterocycles. The van der Waals surface area contributed by atoms with Crippen molar-refractivity contribution in [1.29, 1.82) is 0 Å². The molecule has 28 heavy (non-hydrogen) atoms. The topological polar surface area (TPSA) is 54.3 Å². The van der Waals surface area contributed by atoms with E-state index in [0.717, 1.165) is 44.7 Å². The number of nitrogens with zero attached hydrogens (tertiary/aromatic N) is 5. The molecule has 1 amide bonds. The molecule has 1 spiro atoms. The van der Waals surface area contributed by atoms with E-state index in [-0.39, 0.29) is 11.3 Å². The number of piperidine rings is 2. The second-order valence-electron chi connectivity index (χ2n) is 8.58. The summed E-state index contributed by atoms with van der Waals surface area (Å²) in [6, 6.07) is 5.93. The van der Waals surface area contributed by atoms with Crippen LogP contribution < -0.4 is 0 Å². The van der Waals surface area contributed by atoms with Crippen LogP contribution >= 0.6 is 0 Å². The highest BCUT2D eigenvalue weighted by molar-refractivity contribution is 5.77. The van der Waals surface area contributed by atoms with Crippen LogP contribution in [0.2, 0.25) is 0 Å². The highest BCUT2D eigenvalue weighted by atomic mass is 16.2. The summed E-state index contributed by atoms with van der Waals surface area (Å²) < 4.78 is 2.04. The summed E-state index contributed by atoms with van der Waals surface area (Å²) in [5.41, 5.74) is 2.45. The normalized spacial score (nSPS) is 23.5. The van der Waals surface area contributed by atoms with Crippen LogP contribution in [-0.2, 0) is 17.9 Å². The lowest BCUT2D eigenvalue weighted by Crippen LogP contribution is -2.53. The highest BCUT2D eigenvalue weighted by Gasteiger charge is 2.41. The molecule has 0 bridgehead atoms. The molecule has 2 aromatic rings. The number of likely N-dealkylation sites (tertiary alicyclic amines) is 2. The molecular weight excluding hydrogens is 350 g/mol. The highest BCUT2D eigenvalue weighted by Crippen LogP contribution is 2.39. The largest absolute Gasteiger partial charge is 0.336 e. The zero-order valence-corrected chi connectivity index (χ0v) is 16.9. The van der Waals surface area contributed by atoms with Gasteiger partial charge in [0.2, 0.25) is 5.91 Å². The Morgan fingerprint density at radius 1 is 1.18 bits per heavy atom. The number of hydrogen-bond acceptors (Lipinski definition) is 4. The molecule has 0 unspecified atom stereocenters. The van der Waals surface area contributed by atoms with Gasteiger partial charge in [-0.2, -0.15) is 5.10 Å². The first-order valence-corrected chi connectivity index (χ1v) is 10.5. The monoisotopic (exact) mass is 381 g/mol. The molecule has 150 valence electrons. The molecule has 6 heteroatoms. The smallest absolute Gasteiger partial charge is 0.222 e. The Balaban J connectivity index is 1.33. The summed E-state index contributed by atoms with van der Waals surface area (Å²) >= 11 is 0. The number of aryl methyl sites for hydroxylation is 2. The second-order valence-corrected chi connectivity index (χ2v) is 8.58. The van der Waals surface area contributed by atoms with Gasteiger partial charge in [-0.15, -0.1) is 0 Å². The number of aromatic nitrogens is 3. The minimum absolute atomic E-state index is 0.253. The fraction of sp³-hybridized carbons (Fsp3) is 0.591. The van der Waals surface area contributed by atoms with Crippen LogP contribution in [0.3, 0.4) is 0 Å². The van der Waals surface area contributed by atoms with E-state index >= 15 is 0 Å². The van der Waals surface area contributed by atoms with Crippen LogP contribution in [0.1, 0.15) is 43.4 Å². The van der Waals surface area contributed by atoms with E-state index < -0.39 is 0 Å². The van der Waals surface area contributed by atoms with Crippen molar-refractivity contribution in [2.45, 2.75) is 52.1 Å². The number of carbonyl (C=O) groups excluding carboxylic acids is 1. The van der Waals surface area contributed by atoms with E-state index in [1.807, 2.05) is 40.2 Å². The minimum Gasteiger partial charge on any atom is -0.336 e. The molecular formula is C22H31N5O. The first-order chi connectivity index (χ1) is 13.6. The Bertz CT molecular complexity index is 789. The van der Waals surface area contributed by atoms with Gasteiger partial charge in [0.1, 0.15) is 0 Å². The molecule has 0 radical (unpaired) electrons. The standard InChI is InChI=1S/C22H31N5O/c1-19-14-24-27(15-19)13-5-12-25-11-4-8-22(17-25)9-7-21(28)26(18-22)16-20-6-2-3-10-23-20/h2-3,6,10,14-15H,4-5,7-9,11-13,16-18H2,1H3/t22-/m1/s1. The fourth-order valence-corrected chi connectivity index (χ4v) is 4.81. The van der Waals surface area contributed by atoms with Gasteiger partial charge in [0.15, 0.2) is 0 Å². The first-order valence-electron chi connectivity index (χ1n) is 10.5. The number of amides is 1. The Labute approximate surface area is 167 Å². The van der Waals surface area contributed by atoms with Crippen molar-refractivity contribution in [3.8, 4) is 0 Å². The van der Waals surface area contributed by atoms with Gasteiger partial charge in [0, 0.05) is 43.9 Å². The van der Waals surface area contributed by atoms with Crippen LogP contribution in [0.15, 0.2) is 36.8 Å². The Morgan fingerprint density at radius 2 is 2.11 bits per heavy atom. The van der Waals surface area contributed by atoms with Gasteiger partial charge in [-0.25, -0.2) is 0 Å². The number of hydrogen-bond donors (Lipinski definition) is 0. The lowest BCUT2D eigenvalue weighted by Gasteiger charge is -2.48. The zero-order chi connectivity index (χ0) is 19.4. The lowest BCUT2D eigenvalue weighted by atomic mass is 9.73. The van der Waals surface area contributed by atoms with E-state index in [1.54, 1.807) is 0 Å². The summed E-state index contributed by atoms with van der Waals surface area (Å²) in [5, 5.41) is 4.39. The van der Waals surface area contributed by atoms with Crippen molar-refractivity contribution in [1.82, 2.24) is 24.6 Å². The minimum atomic E-state index is 0.253. The van der Waals surface area contributed by atoms with Crippen LogP contribution in [0.5, 0.6) is 0 Å². The number of carbonyl (C=O) groups is 1. The van der Waals surface area contributed by atoms with Crippen LogP contribution in [0, 0.1) is 12.3 Å². The molecule has 0 aliphatic carbocycles. The average Bonchev–Trinajstić information content (AvgIpc) is 3.11. The van der Waals surface area contributed by atoms with E-state index in [1.165, 1.54) is 24.9 Å². The van der Waals surface area contributed by atoms with Crippen molar-refractivity contribution in [3.05, 3.63) is 48.0 Å². The lowest BCUT2D eigenvalue weighted by molar-refractivity contribution is -0.140. The second kappa shape index (κ2) is 8.43. The fourth-order valence-electron chi connectivity index (χ4n) is 4.81. The van der Waals surface area contributed by atoms with E-state index in [0.29, 0.717) is 13.0 Å². The van der Waals surface area contributed by atoms with Gasteiger partial charge in [-0.05, 0) is 63.4 Å². The zero-order valence-electron chi connectivity index (χ0n) is 16.9. The molecule has 6 nitrogen and oxygen atoms in total. The molecule has 0 saturated carbocycles. The molecule has 2 aromatic heterocycles. The van der Waals surface area contributed by atoms with Crippen molar-refractivity contribution in [2.24, 2.45) is 5.41 Å². The van der Waals surface area contributed by atoms with Gasteiger partial charge in [-0.3, -0.25) is 14.5 Å². The number of pyridine rings is 1. The molecule has 1 atom stereocenters. The Hall–Kier alpha value is -2.21. The summed E-state index contributed by atoms with van der Waals surface area (Å²) in [7, 11) is 0. The number of rotatable bonds is 6. The molecule has 0 aromatic carbocycles. The average molecular weight is 382 g/mol. The van der Waals surface area contributed by atoms with Crippen LogP contribution in [0.4, 0.5) is 0 Å². The van der Waals surface area contributed by atoms with Crippen molar-refractivity contribution in [3.63, 3.8) is 0 Å². The third kappa shape index (κ3) is 4.61. The van der Waals surface area contributed by atoms with Gasteiger partial charge in [0.25, 0.3) is 0 Å². The van der Waals surface area contributed by atoms with Gasteiger partial charge in [-0.1, -0.05) is 6.07 Å². The van der Waals surface area contributed by atoms with Crippen molar-refractivity contribution >= 4 is 5.91 Å². The predicted octanol–water partition coefficient (Wildman–Crippen LogP) is 2.88. The summed E-state index contributed by atoms with van der Waals surface area (Å²) in [5.74, 6) is 0.280. The SMILES string of the molecule is Cc1cnn(CCCN2CCC[C@@]3(CCC(=O)N(Cc4ccccn4)C3)C2)c1. The molecule has 0 N–H and O–H groups in total. The maximum atomic E-state index is 12.5. The third-order valence-electron chi connectivity index (χ3n) is 6.19. The van der Waals surface area contributed by atoms with Crippen LogP contribution in [0.25, 0.3) is 0 Å². The van der Waals surface area contributed by atoms with E-state index in [2.05, 4.69) is 28.1 Å². The molecule has 2 aliphatic rings. The Kier molecular flexibility index (Phi) is 5.76.